The molecule has 158 valence electrons. The normalized spacial score (nSPS) is 11.7. The first-order valence-corrected chi connectivity index (χ1v) is 10.1. The number of phenolic OH excluding ortho intramolecular Hbond substituents is 2. The van der Waals surface area contributed by atoms with Crippen LogP contribution in [0.1, 0.15) is 5.56 Å². The molecule has 0 atom stereocenters. The van der Waals surface area contributed by atoms with Crippen LogP contribution in [0.3, 0.4) is 0 Å². The summed E-state index contributed by atoms with van der Waals surface area (Å²) in [5, 5.41) is 20.9. The highest BCUT2D eigenvalue weighted by Crippen LogP contribution is 2.44. The molecule has 31 heavy (non-hydrogen) atoms. The number of fused-ring (bicyclic) bond motifs is 1. The monoisotopic (exact) mass is 463 g/mol. The molecule has 0 spiro atoms. The Morgan fingerprint density at radius 3 is 2.39 bits per heavy atom. The Morgan fingerprint density at radius 1 is 0.935 bits per heavy atom. The van der Waals surface area contributed by atoms with Gasteiger partial charge in [-0.3, -0.25) is 4.79 Å². The Morgan fingerprint density at radius 2 is 1.68 bits per heavy atom. The number of para-hydroxylation sites is 1. The average molecular weight is 464 g/mol. The lowest BCUT2D eigenvalue weighted by Crippen LogP contribution is -2.12. The molecule has 0 fully saturated rings. The maximum Gasteiger partial charge on any atom is 0.416 e. The zero-order valence-electron chi connectivity index (χ0n) is 15.5. The van der Waals surface area contributed by atoms with E-state index in [1.807, 2.05) is 0 Å². The summed E-state index contributed by atoms with van der Waals surface area (Å²) in [4.78, 5) is 15.8. The van der Waals surface area contributed by atoms with Gasteiger partial charge in [-0.25, -0.2) is 0 Å². The predicted octanol–water partition coefficient (Wildman–Crippen LogP) is 6.43. The second kappa shape index (κ2) is 7.86. The fourth-order valence-electron chi connectivity index (χ4n) is 3.18. The molecule has 1 aromatic heterocycles. The van der Waals surface area contributed by atoms with Crippen molar-refractivity contribution in [3.63, 3.8) is 0 Å². The Kier molecular flexibility index (Phi) is 5.36. The van der Waals surface area contributed by atoms with E-state index in [0.29, 0.717) is 4.90 Å². The number of alkyl halides is 3. The Labute approximate surface area is 182 Å². The second-order valence-corrected chi connectivity index (χ2v) is 8.14. The minimum absolute atomic E-state index is 0.00545. The van der Waals surface area contributed by atoms with Gasteiger partial charge in [0.05, 0.1) is 15.4 Å². The van der Waals surface area contributed by atoms with Crippen LogP contribution in [-0.4, -0.2) is 15.2 Å². The van der Waals surface area contributed by atoms with E-state index in [0.717, 1.165) is 23.9 Å². The zero-order chi connectivity index (χ0) is 22.3. The molecule has 0 radical (unpaired) electrons. The molecule has 3 N–H and O–H groups in total. The number of hydrogen-bond donors (Lipinski definition) is 3. The van der Waals surface area contributed by atoms with Gasteiger partial charge < -0.3 is 15.2 Å². The molecule has 0 amide bonds. The van der Waals surface area contributed by atoms with Crippen molar-refractivity contribution in [3.8, 4) is 22.6 Å². The van der Waals surface area contributed by atoms with Crippen molar-refractivity contribution in [1.29, 1.82) is 0 Å². The molecule has 0 saturated heterocycles. The summed E-state index contributed by atoms with van der Waals surface area (Å²) in [6, 6.07) is 13.3. The molecule has 0 aliphatic rings. The van der Waals surface area contributed by atoms with E-state index >= 15 is 0 Å². The van der Waals surface area contributed by atoms with Gasteiger partial charge >= 0.3 is 6.18 Å². The number of pyridine rings is 1. The molecule has 4 nitrogen and oxygen atoms in total. The summed E-state index contributed by atoms with van der Waals surface area (Å²) in [5.74, 6) is -0.356. The van der Waals surface area contributed by atoms with E-state index in [4.69, 9.17) is 11.6 Å². The van der Waals surface area contributed by atoms with E-state index in [1.54, 1.807) is 18.2 Å². The van der Waals surface area contributed by atoms with Crippen molar-refractivity contribution in [3.05, 3.63) is 81.6 Å². The molecule has 0 aliphatic carbocycles. The van der Waals surface area contributed by atoms with Crippen LogP contribution in [0.2, 0.25) is 5.02 Å². The van der Waals surface area contributed by atoms with E-state index in [-0.39, 0.29) is 43.4 Å². The molecule has 0 unspecified atom stereocenters. The first-order valence-electron chi connectivity index (χ1n) is 8.87. The van der Waals surface area contributed by atoms with Gasteiger partial charge in [0.2, 0.25) is 0 Å². The van der Waals surface area contributed by atoms with Gasteiger partial charge in [-0.05, 0) is 48.5 Å². The number of hydrogen-bond acceptors (Lipinski definition) is 4. The Bertz CT molecular complexity index is 1370. The van der Waals surface area contributed by atoms with Crippen LogP contribution in [0.25, 0.3) is 22.0 Å². The van der Waals surface area contributed by atoms with Gasteiger partial charge in [0, 0.05) is 27.1 Å². The number of H-pyrrole nitrogens is 1. The second-order valence-electron chi connectivity index (χ2n) is 6.65. The highest BCUT2D eigenvalue weighted by molar-refractivity contribution is 7.99. The first-order chi connectivity index (χ1) is 14.6. The summed E-state index contributed by atoms with van der Waals surface area (Å²) >= 11 is 6.95. The van der Waals surface area contributed by atoms with Crippen molar-refractivity contribution in [2.24, 2.45) is 0 Å². The maximum absolute atomic E-state index is 13.4. The highest BCUT2D eigenvalue weighted by atomic mass is 35.5. The molecular formula is C22H13ClF3NO3S. The molecule has 9 heteroatoms. The van der Waals surface area contributed by atoms with Crippen molar-refractivity contribution in [2.45, 2.75) is 16.0 Å². The number of halogens is 4. The number of rotatable bonds is 3. The number of aromatic hydroxyl groups is 2. The molecule has 0 bridgehead atoms. The van der Waals surface area contributed by atoms with Gasteiger partial charge in [0.25, 0.3) is 5.56 Å². The summed E-state index contributed by atoms with van der Waals surface area (Å²) < 4.78 is 40.2. The SMILES string of the molecule is O=c1[nH]c2ccc(C(F)(F)F)cc2c(-c2cc(Cl)ccc2O)c1Sc1ccccc1O. The largest absolute Gasteiger partial charge is 0.507 e. The Balaban J connectivity index is 2.10. The molecular weight excluding hydrogens is 451 g/mol. The minimum atomic E-state index is -4.61. The number of aromatic nitrogens is 1. The fraction of sp³-hybridized carbons (Fsp3) is 0.0455. The summed E-state index contributed by atoms with van der Waals surface area (Å²) in [6.07, 6.45) is -4.61. The highest BCUT2D eigenvalue weighted by Gasteiger charge is 2.31. The number of benzene rings is 3. The Hall–Kier alpha value is -3.10. The van der Waals surface area contributed by atoms with Gasteiger partial charge in [-0.1, -0.05) is 35.5 Å². The van der Waals surface area contributed by atoms with E-state index < -0.39 is 17.3 Å². The summed E-state index contributed by atoms with van der Waals surface area (Å²) in [7, 11) is 0. The van der Waals surface area contributed by atoms with Crippen LogP contribution < -0.4 is 5.56 Å². The third kappa shape index (κ3) is 4.08. The van der Waals surface area contributed by atoms with Crippen LogP contribution in [0.15, 0.2) is 75.2 Å². The number of phenols is 2. The molecule has 4 aromatic rings. The van der Waals surface area contributed by atoms with Crippen LogP contribution in [0.4, 0.5) is 13.2 Å². The standard InChI is InChI=1S/C22H13ClF3NO3S/c23-12-6-8-16(28)14(10-12)19-13-9-11(22(24,25)26)5-7-15(13)27-21(30)20(19)31-18-4-2-1-3-17(18)29/h1-10,28-29H,(H,27,30). The number of nitrogens with one attached hydrogen (secondary N) is 1. The molecule has 4 rings (SSSR count). The van der Waals surface area contributed by atoms with E-state index in [2.05, 4.69) is 4.98 Å². The zero-order valence-corrected chi connectivity index (χ0v) is 17.1. The molecule has 0 aliphatic heterocycles. The molecule has 3 aromatic carbocycles. The minimum Gasteiger partial charge on any atom is -0.507 e. The maximum atomic E-state index is 13.4. The topological polar surface area (TPSA) is 73.3 Å². The van der Waals surface area contributed by atoms with Crippen LogP contribution in [0.5, 0.6) is 11.5 Å². The van der Waals surface area contributed by atoms with Gasteiger partial charge in [0.15, 0.2) is 0 Å². The third-order valence-electron chi connectivity index (χ3n) is 4.60. The first kappa shape index (κ1) is 21.1. The number of aromatic amines is 1. The average Bonchev–Trinajstić information content (AvgIpc) is 2.71. The van der Waals surface area contributed by atoms with Gasteiger partial charge in [-0.15, -0.1) is 0 Å². The van der Waals surface area contributed by atoms with Crippen molar-refractivity contribution in [1.82, 2.24) is 4.98 Å². The van der Waals surface area contributed by atoms with Crippen LogP contribution in [-0.2, 0) is 6.18 Å². The van der Waals surface area contributed by atoms with Gasteiger partial charge in [0.1, 0.15) is 11.5 Å². The van der Waals surface area contributed by atoms with Crippen LogP contribution >= 0.6 is 23.4 Å². The van der Waals surface area contributed by atoms with Crippen molar-refractivity contribution in [2.75, 3.05) is 0 Å². The lowest BCUT2D eigenvalue weighted by atomic mass is 9.98. The predicted molar refractivity (Wildman–Crippen MR) is 114 cm³/mol. The van der Waals surface area contributed by atoms with Crippen molar-refractivity contribution >= 4 is 34.3 Å². The quantitative estimate of drug-likeness (QED) is 0.327. The van der Waals surface area contributed by atoms with Gasteiger partial charge in [-0.2, -0.15) is 13.2 Å². The molecule has 0 saturated carbocycles. The fourth-order valence-corrected chi connectivity index (χ4v) is 4.35. The van der Waals surface area contributed by atoms with Crippen LogP contribution in [0, 0.1) is 0 Å². The summed E-state index contributed by atoms with van der Waals surface area (Å²) in [6.45, 7) is 0. The van der Waals surface area contributed by atoms with E-state index in [1.165, 1.54) is 30.3 Å². The van der Waals surface area contributed by atoms with Crippen molar-refractivity contribution < 1.29 is 23.4 Å². The lowest BCUT2D eigenvalue weighted by Gasteiger charge is -2.16. The van der Waals surface area contributed by atoms with E-state index in [9.17, 15) is 28.2 Å². The lowest BCUT2D eigenvalue weighted by molar-refractivity contribution is -0.137. The summed E-state index contributed by atoms with van der Waals surface area (Å²) in [5.41, 5.74) is -1.16. The third-order valence-corrected chi connectivity index (χ3v) is 6.00. The molecule has 1 heterocycles. The smallest absolute Gasteiger partial charge is 0.416 e.